The molecule has 0 amide bonds. The molecule has 0 aliphatic rings. The van der Waals surface area contributed by atoms with Crippen LogP contribution in [-0.2, 0) is 0 Å². The molecule has 0 atom stereocenters. The molecule has 1 heterocycles. The summed E-state index contributed by atoms with van der Waals surface area (Å²) in [6, 6.07) is 5.11. The van der Waals surface area contributed by atoms with Crippen molar-refractivity contribution < 1.29 is 19.5 Å². The number of aromatic amines is 1. The van der Waals surface area contributed by atoms with Crippen molar-refractivity contribution in [1.82, 2.24) is 9.97 Å². The van der Waals surface area contributed by atoms with Crippen molar-refractivity contribution in [3.05, 3.63) is 50.1 Å². The number of nitrogens with zero attached hydrogens (tertiary/aromatic N) is 2. The van der Waals surface area contributed by atoms with E-state index in [9.17, 15) is 20.0 Å². The lowest BCUT2D eigenvalue weighted by Crippen LogP contribution is -2.14. The van der Waals surface area contributed by atoms with Gasteiger partial charge in [0.25, 0.3) is 5.88 Å². The number of benzene rings is 1. The fourth-order valence-electron chi connectivity index (χ4n) is 1.85. The van der Waals surface area contributed by atoms with Gasteiger partial charge in [0.1, 0.15) is 17.3 Å². The highest BCUT2D eigenvalue weighted by molar-refractivity contribution is 5.71. The average molecular weight is 319 g/mol. The van der Waals surface area contributed by atoms with Gasteiger partial charge in [-0.1, -0.05) is 0 Å². The molecular formula is C14H13N3O6. The molecule has 2 aromatic rings. The van der Waals surface area contributed by atoms with Gasteiger partial charge >= 0.3 is 11.2 Å². The van der Waals surface area contributed by atoms with Crippen LogP contribution in [0.15, 0.2) is 23.0 Å². The average Bonchev–Trinajstić information content (AvgIpc) is 2.51. The molecule has 0 aliphatic carbocycles. The summed E-state index contributed by atoms with van der Waals surface area (Å²) in [5.74, 6) is 0.160. The maximum atomic E-state index is 11.6. The molecule has 9 heteroatoms. The Balaban J connectivity index is 2.41. The number of nitrogens with one attached hydrogen (secondary N) is 1. The van der Waals surface area contributed by atoms with Crippen LogP contribution in [0.1, 0.15) is 11.4 Å². The number of methoxy groups -OCH3 is 2. The molecule has 0 aliphatic heterocycles. The first-order chi connectivity index (χ1) is 11.0. The minimum absolute atomic E-state index is 0.0389. The Morgan fingerprint density at radius 3 is 2.61 bits per heavy atom. The lowest BCUT2D eigenvalue weighted by Gasteiger charge is -2.07. The summed E-state index contributed by atoms with van der Waals surface area (Å²) < 4.78 is 10.3. The summed E-state index contributed by atoms with van der Waals surface area (Å²) >= 11 is 0. The van der Waals surface area contributed by atoms with Crippen LogP contribution in [0.4, 0.5) is 5.69 Å². The Labute approximate surface area is 130 Å². The first-order valence-corrected chi connectivity index (χ1v) is 6.34. The van der Waals surface area contributed by atoms with Crippen LogP contribution in [0.5, 0.6) is 17.4 Å². The SMILES string of the molecule is COc1ccc(OC)c(/C=C\c2nc(O)c([N+](=O)[O-])c(=O)[nH]2)c1. The molecule has 0 spiro atoms. The van der Waals surface area contributed by atoms with Crippen LogP contribution in [0.3, 0.4) is 0 Å². The second-order valence-corrected chi connectivity index (χ2v) is 4.32. The van der Waals surface area contributed by atoms with Gasteiger partial charge in [-0.3, -0.25) is 14.9 Å². The second kappa shape index (κ2) is 6.60. The maximum Gasteiger partial charge on any atom is 0.395 e. The van der Waals surface area contributed by atoms with Crippen molar-refractivity contribution >= 4 is 17.8 Å². The Hall–Kier alpha value is -3.36. The lowest BCUT2D eigenvalue weighted by atomic mass is 10.1. The van der Waals surface area contributed by atoms with E-state index in [0.29, 0.717) is 17.1 Å². The van der Waals surface area contributed by atoms with E-state index in [1.807, 2.05) is 0 Å². The first-order valence-electron chi connectivity index (χ1n) is 6.34. The van der Waals surface area contributed by atoms with Crippen molar-refractivity contribution in [3.63, 3.8) is 0 Å². The fourth-order valence-corrected chi connectivity index (χ4v) is 1.85. The van der Waals surface area contributed by atoms with Crippen LogP contribution in [0.2, 0.25) is 0 Å². The molecule has 0 unspecified atom stereocenters. The summed E-state index contributed by atoms with van der Waals surface area (Å²) in [6.45, 7) is 0. The van der Waals surface area contributed by atoms with Crippen molar-refractivity contribution in [2.45, 2.75) is 0 Å². The minimum Gasteiger partial charge on any atom is -0.497 e. The van der Waals surface area contributed by atoms with Gasteiger partial charge in [-0.05, 0) is 30.4 Å². The third kappa shape index (κ3) is 3.46. The predicted molar refractivity (Wildman–Crippen MR) is 81.7 cm³/mol. The number of nitro groups is 1. The normalized spacial score (nSPS) is 10.7. The van der Waals surface area contributed by atoms with Crippen LogP contribution in [-0.4, -0.2) is 34.2 Å². The van der Waals surface area contributed by atoms with E-state index in [1.165, 1.54) is 20.3 Å². The fraction of sp³-hybridized carbons (Fsp3) is 0.143. The van der Waals surface area contributed by atoms with Gasteiger partial charge in [0, 0.05) is 5.56 Å². The highest BCUT2D eigenvalue weighted by Crippen LogP contribution is 2.26. The Morgan fingerprint density at radius 2 is 2.04 bits per heavy atom. The van der Waals surface area contributed by atoms with Crippen LogP contribution in [0.25, 0.3) is 12.2 Å². The second-order valence-electron chi connectivity index (χ2n) is 4.32. The lowest BCUT2D eigenvalue weighted by molar-refractivity contribution is -0.387. The molecule has 120 valence electrons. The van der Waals surface area contributed by atoms with E-state index in [1.54, 1.807) is 24.3 Å². The van der Waals surface area contributed by atoms with Gasteiger partial charge in [0.05, 0.1) is 19.1 Å². The molecule has 0 saturated carbocycles. The molecule has 2 rings (SSSR count). The maximum absolute atomic E-state index is 11.6. The molecule has 0 radical (unpaired) electrons. The number of H-pyrrole nitrogens is 1. The molecule has 0 bridgehead atoms. The Morgan fingerprint density at radius 1 is 1.30 bits per heavy atom. The van der Waals surface area contributed by atoms with E-state index in [-0.39, 0.29) is 5.82 Å². The zero-order chi connectivity index (χ0) is 17.0. The third-order valence-corrected chi connectivity index (χ3v) is 2.94. The minimum atomic E-state index is -1.04. The molecule has 0 saturated heterocycles. The summed E-state index contributed by atoms with van der Waals surface area (Å²) in [5.41, 5.74) is -1.41. The first kappa shape index (κ1) is 16.0. The van der Waals surface area contributed by atoms with Crippen molar-refractivity contribution in [2.24, 2.45) is 0 Å². The number of hydrogen-bond donors (Lipinski definition) is 2. The van der Waals surface area contributed by atoms with Crippen LogP contribution >= 0.6 is 0 Å². The highest BCUT2D eigenvalue weighted by atomic mass is 16.6. The summed E-state index contributed by atoms with van der Waals surface area (Å²) in [4.78, 5) is 27.0. The van der Waals surface area contributed by atoms with Crippen molar-refractivity contribution in [3.8, 4) is 17.4 Å². The zero-order valence-corrected chi connectivity index (χ0v) is 12.3. The van der Waals surface area contributed by atoms with E-state index in [2.05, 4.69) is 9.97 Å². The molecule has 1 aromatic heterocycles. The van der Waals surface area contributed by atoms with E-state index in [4.69, 9.17) is 9.47 Å². The van der Waals surface area contributed by atoms with Gasteiger partial charge in [-0.25, -0.2) is 0 Å². The molecule has 0 fully saturated rings. The predicted octanol–water partition coefficient (Wildman–Crippen LogP) is 1.57. The molecule has 2 N–H and O–H groups in total. The molecular weight excluding hydrogens is 306 g/mol. The van der Waals surface area contributed by atoms with Crippen molar-refractivity contribution in [1.29, 1.82) is 0 Å². The highest BCUT2D eigenvalue weighted by Gasteiger charge is 2.21. The molecule has 1 aromatic carbocycles. The Bertz CT molecular complexity index is 828. The van der Waals surface area contributed by atoms with Gasteiger partial charge in [-0.2, -0.15) is 4.98 Å². The van der Waals surface area contributed by atoms with Crippen LogP contribution in [0, 0.1) is 10.1 Å². The number of rotatable bonds is 5. The summed E-state index contributed by atoms with van der Waals surface area (Å²) in [7, 11) is 3.01. The van der Waals surface area contributed by atoms with Crippen LogP contribution < -0.4 is 15.0 Å². The summed E-state index contributed by atoms with van der Waals surface area (Å²) in [5, 5.41) is 20.1. The number of hydrogen-bond acceptors (Lipinski definition) is 7. The van der Waals surface area contributed by atoms with E-state index in [0.717, 1.165) is 0 Å². The number of ether oxygens (including phenoxy) is 2. The summed E-state index contributed by atoms with van der Waals surface area (Å²) in [6.07, 6.45) is 2.94. The van der Waals surface area contributed by atoms with Gasteiger partial charge in [0.2, 0.25) is 0 Å². The van der Waals surface area contributed by atoms with Gasteiger partial charge in [0.15, 0.2) is 0 Å². The zero-order valence-electron chi connectivity index (χ0n) is 12.3. The third-order valence-electron chi connectivity index (χ3n) is 2.94. The van der Waals surface area contributed by atoms with Gasteiger partial charge < -0.3 is 19.6 Å². The molecule has 9 nitrogen and oxygen atoms in total. The quantitative estimate of drug-likeness (QED) is 0.632. The van der Waals surface area contributed by atoms with Crippen molar-refractivity contribution in [2.75, 3.05) is 14.2 Å². The van der Waals surface area contributed by atoms with E-state index >= 15 is 0 Å². The smallest absolute Gasteiger partial charge is 0.395 e. The molecule has 23 heavy (non-hydrogen) atoms. The van der Waals surface area contributed by atoms with E-state index < -0.39 is 22.0 Å². The number of aromatic nitrogens is 2. The topological polar surface area (TPSA) is 128 Å². The van der Waals surface area contributed by atoms with Gasteiger partial charge in [-0.15, -0.1) is 0 Å². The Kier molecular flexibility index (Phi) is 4.60. The standard InChI is InChI=1S/C14H13N3O6/c1-22-9-4-5-10(23-2)8(7-9)3-6-11-15-13(18)12(17(20)21)14(19)16-11/h3-7H,1-2H3,(H2,15,16,18,19)/b6-3-. The monoisotopic (exact) mass is 319 g/mol. The number of aromatic hydroxyl groups is 1. The largest absolute Gasteiger partial charge is 0.497 e.